The largest absolute Gasteiger partial charge is 0.508 e. The summed E-state index contributed by atoms with van der Waals surface area (Å²) in [5, 5.41) is 9.33. The molecule has 150 valence electrons. The molecule has 0 aliphatic carbocycles. The van der Waals surface area contributed by atoms with Crippen LogP contribution in [-0.2, 0) is 4.79 Å². The van der Waals surface area contributed by atoms with E-state index in [0.717, 1.165) is 28.1 Å². The SMILES string of the molecule is Cc1ccc(N2C(=O)/C(=C\NNC(=O)c3ccc(O)cc3)c3ccccc32)cc1C. The Morgan fingerprint density at radius 1 is 0.967 bits per heavy atom. The first-order valence-corrected chi connectivity index (χ1v) is 9.52. The van der Waals surface area contributed by atoms with Crippen molar-refractivity contribution in [1.82, 2.24) is 10.9 Å². The molecule has 6 heteroatoms. The Morgan fingerprint density at radius 2 is 1.70 bits per heavy atom. The number of anilines is 2. The number of amides is 2. The fourth-order valence-corrected chi connectivity index (χ4v) is 3.36. The number of phenolic OH excluding ortho intramolecular Hbond substituents is 1. The number of hydrogen-bond donors (Lipinski definition) is 3. The molecule has 0 saturated carbocycles. The summed E-state index contributed by atoms with van der Waals surface area (Å²) in [5.41, 5.74) is 10.8. The summed E-state index contributed by atoms with van der Waals surface area (Å²) in [7, 11) is 0. The lowest BCUT2D eigenvalue weighted by molar-refractivity contribution is -0.112. The summed E-state index contributed by atoms with van der Waals surface area (Å²) in [5.74, 6) is -0.469. The van der Waals surface area contributed by atoms with E-state index in [1.54, 1.807) is 4.90 Å². The van der Waals surface area contributed by atoms with Gasteiger partial charge in [0.15, 0.2) is 0 Å². The Hall–Kier alpha value is -4.06. The Labute approximate surface area is 174 Å². The second-order valence-corrected chi connectivity index (χ2v) is 7.13. The van der Waals surface area contributed by atoms with Gasteiger partial charge in [0.1, 0.15) is 5.75 Å². The van der Waals surface area contributed by atoms with Gasteiger partial charge in [0.2, 0.25) is 0 Å². The van der Waals surface area contributed by atoms with Crippen LogP contribution in [0, 0.1) is 13.8 Å². The summed E-state index contributed by atoms with van der Waals surface area (Å²) in [6.45, 7) is 4.05. The number of phenols is 1. The number of aryl methyl sites for hydroxylation is 2. The van der Waals surface area contributed by atoms with E-state index in [0.29, 0.717) is 11.1 Å². The molecular formula is C24H21N3O3. The molecule has 2 amide bonds. The van der Waals surface area contributed by atoms with Crippen LogP contribution in [0.1, 0.15) is 27.0 Å². The van der Waals surface area contributed by atoms with Gasteiger partial charge in [0.05, 0.1) is 11.3 Å². The van der Waals surface area contributed by atoms with Gasteiger partial charge in [-0.05, 0) is 67.4 Å². The molecule has 1 aliphatic rings. The number of nitrogens with one attached hydrogen (secondary N) is 2. The number of carbonyl (C=O) groups is 2. The topological polar surface area (TPSA) is 81.7 Å². The highest BCUT2D eigenvalue weighted by molar-refractivity contribution is 6.34. The van der Waals surface area contributed by atoms with Gasteiger partial charge in [-0.25, -0.2) is 0 Å². The van der Waals surface area contributed by atoms with E-state index < -0.39 is 0 Å². The van der Waals surface area contributed by atoms with Crippen LogP contribution in [0.3, 0.4) is 0 Å². The molecule has 0 aromatic heterocycles. The maximum Gasteiger partial charge on any atom is 0.269 e. The van der Waals surface area contributed by atoms with Crippen molar-refractivity contribution in [2.45, 2.75) is 13.8 Å². The molecule has 0 bridgehead atoms. The molecule has 3 aromatic rings. The Balaban J connectivity index is 1.59. The molecule has 30 heavy (non-hydrogen) atoms. The molecule has 0 unspecified atom stereocenters. The van der Waals surface area contributed by atoms with Crippen LogP contribution in [0.4, 0.5) is 11.4 Å². The molecule has 3 N–H and O–H groups in total. The number of fused-ring (bicyclic) bond motifs is 1. The predicted octanol–water partition coefficient (Wildman–Crippen LogP) is 3.96. The quantitative estimate of drug-likeness (QED) is 0.458. The second kappa shape index (κ2) is 7.75. The summed E-state index contributed by atoms with van der Waals surface area (Å²) < 4.78 is 0. The molecule has 1 aliphatic heterocycles. The summed E-state index contributed by atoms with van der Waals surface area (Å²) in [6.07, 6.45) is 1.50. The number of hydrogen-bond acceptors (Lipinski definition) is 4. The summed E-state index contributed by atoms with van der Waals surface area (Å²) in [4.78, 5) is 27.1. The van der Waals surface area contributed by atoms with Crippen LogP contribution >= 0.6 is 0 Å². The van der Waals surface area contributed by atoms with Crippen molar-refractivity contribution in [3.05, 3.63) is 95.2 Å². The molecule has 0 saturated heterocycles. The number of carbonyl (C=O) groups excluding carboxylic acids is 2. The molecule has 0 radical (unpaired) electrons. The van der Waals surface area contributed by atoms with Crippen LogP contribution in [0.25, 0.3) is 5.57 Å². The van der Waals surface area contributed by atoms with Crippen LogP contribution in [0.5, 0.6) is 5.75 Å². The molecule has 6 nitrogen and oxygen atoms in total. The number of nitrogens with zero attached hydrogens (tertiary/aromatic N) is 1. The van der Waals surface area contributed by atoms with E-state index in [9.17, 15) is 14.7 Å². The van der Waals surface area contributed by atoms with Crippen LogP contribution in [-0.4, -0.2) is 16.9 Å². The lowest BCUT2D eigenvalue weighted by Crippen LogP contribution is -2.34. The fourth-order valence-electron chi connectivity index (χ4n) is 3.36. The van der Waals surface area contributed by atoms with Gasteiger partial charge in [-0.2, -0.15) is 0 Å². The van der Waals surface area contributed by atoms with Crippen molar-refractivity contribution in [1.29, 1.82) is 0 Å². The van der Waals surface area contributed by atoms with Crippen molar-refractivity contribution >= 4 is 28.8 Å². The van der Waals surface area contributed by atoms with Gasteiger partial charge >= 0.3 is 0 Å². The van der Waals surface area contributed by atoms with Gasteiger partial charge in [0.25, 0.3) is 11.8 Å². The van der Waals surface area contributed by atoms with Gasteiger partial charge in [-0.15, -0.1) is 0 Å². The normalized spacial score (nSPS) is 14.0. The smallest absolute Gasteiger partial charge is 0.269 e. The second-order valence-electron chi connectivity index (χ2n) is 7.13. The van der Waals surface area contributed by atoms with Gasteiger partial charge in [-0.1, -0.05) is 24.3 Å². The molecule has 0 atom stereocenters. The van der Waals surface area contributed by atoms with Gasteiger partial charge in [0, 0.05) is 23.0 Å². The van der Waals surface area contributed by atoms with Crippen LogP contribution in [0.2, 0.25) is 0 Å². The van der Waals surface area contributed by atoms with Crippen molar-refractivity contribution in [3.8, 4) is 5.75 Å². The lowest BCUT2D eigenvalue weighted by atomic mass is 10.1. The average Bonchev–Trinajstić information content (AvgIpc) is 3.02. The zero-order chi connectivity index (χ0) is 21.3. The number of benzene rings is 3. The number of hydrazine groups is 1. The van der Waals surface area contributed by atoms with Crippen molar-refractivity contribution in [2.24, 2.45) is 0 Å². The molecule has 3 aromatic carbocycles. The minimum Gasteiger partial charge on any atom is -0.508 e. The minimum absolute atomic E-state index is 0.0845. The zero-order valence-corrected chi connectivity index (χ0v) is 16.6. The first kappa shape index (κ1) is 19.3. The zero-order valence-electron chi connectivity index (χ0n) is 16.6. The highest BCUT2D eigenvalue weighted by atomic mass is 16.3. The summed E-state index contributed by atoms with van der Waals surface area (Å²) >= 11 is 0. The van der Waals surface area contributed by atoms with E-state index in [1.807, 2.05) is 56.3 Å². The van der Waals surface area contributed by atoms with E-state index in [2.05, 4.69) is 10.9 Å². The van der Waals surface area contributed by atoms with E-state index in [1.165, 1.54) is 30.5 Å². The Kier molecular flexibility index (Phi) is 4.98. The standard InChI is InChI=1S/C24H21N3O3/c1-15-7-10-18(13-16(15)2)27-22-6-4-3-5-20(22)21(24(27)30)14-25-26-23(29)17-8-11-19(28)12-9-17/h3-14,25,28H,1-2H3,(H,26,29)/b21-14-. The lowest BCUT2D eigenvalue weighted by Gasteiger charge is -2.18. The maximum absolute atomic E-state index is 13.2. The number of para-hydroxylation sites is 1. The fraction of sp³-hybridized carbons (Fsp3) is 0.0833. The summed E-state index contributed by atoms with van der Waals surface area (Å²) in [6, 6.07) is 19.4. The number of rotatable bonds is 4. The third-order valence-electron chi connectivity index (χ3n) is 5.15. The average molecular weight is 399 g/mol. The molecule has 4 rings (SSSR count). The Bertz CT molecular complexity index is 1170. The van der Waals surface area contributed by atoms with E-state index in [4.69, 9.17) is 0 Å². The third-order valence-corrected chi connectivity index (χ3v) is 5.15. The first-order chi connectivity index (χ1) is 14.5. The molecular weight excluding hydrogens is 378 g/mol. The monoisotopic (exact) mass is 399 g/mol. The highest BCUT2D eigenvalue weighted by Crippen LogP contribution is 2.41. The minimum atomic E-state index is -0.378. The van der Waals surface area contributed by atoms with Gasteiger partial charge in [-0.3, -0.25) is 19.9 Å². The van der Waals surface area contributed by atoms with Crippen LogP contribution in [0.15, 0.2) is 72.9 Å². The Morgan fingerprint density at radius 3 is 2.43 bits per heavy atom. The predicted molar refractivity (Wildman–Crippen MR) is 116 cm³/mol. The van der Waals surface area contributed by atoms with E-state index >= 15 is 0 Å². The van der Waals surface area contributed by atoms with Crippen molar-refractivity contribution in [3.63, 3.8) is 0 Å². The first-order valence-electron chi connectivity index (χ1n) is 9.52. The molecule has 1 heterocycles. The molecule has 0 fully saturated rings. The van der Waals surface area contributed by atoms with Crippen molar-refractivity contribution in [2.75, 3.05) is 4.90 Å². The van der Waals surface area contributed by atoms with Crippen LogP contribution < -0.4 is 15.8 Å². The van der Waals surface area contributed by atoms with Gasteiger partial charge < -0.3 is 10.5 Å². The highest BCUT2D eigenvalue weighted by Gasteiger charge is 2.33. The maximum atomic E-state index is 13.2. The van der Waals surface area contributed by atoms with Crippen molar-refractivity contribution < 1.29 is 14.7 Å². The van der Waals surface area contributed by atoms with E-state index in [-0.39, 0.29) is 17.6 Å². The number of aromatic hydroxyl groups is 1. The molecule has 0 spiro atoms. The third kappa shape index (κ3) is 3.51.